The average molecular weight is 361 g/mol. The van der Waals surface area contributed by atoms with Gasteiger partial charge in [0, 0.05) is 14.9 Å². The minimum atomic E-state index is 0.0546. The Morgan fingerprint density at radius 1 is 1.39 bits per heavy atom. The molecule has 0 saturated carbocycles. The predicted octanol–water partition coefficient (Wildman–Crippen LogP) is 3.46. The molecule has 0 spiro atoms. The lowest BCUT2D eigenvalue weighted by molar-refractivity contribution is 0.955. The predicted molar refractivity (Wildman–Crippen MR) is 81.0 cm³/mol. The molecule has 0 unspecified atom stereocenters. The number of aromatic nitrogens is 2. The van der Waals surface area contributed by atoms with Gasteiger partial charge in [-0.25, -0.2) is 0 Å². The molecule has 0 atom stereocenters. The fourth-order valence-corrected chi connectivity index (χ4v) is 4.40. The molecular weight excluding hydrogens is 352 g/mol. The molecule has 2 aromatic rings. The summed E-state index contributed by atoms with van der Waals surface area (Å²) in [7, 11) is 0. The molecule has 4 nitrogen and oxygen atoms in total. The Kier molecular flexibility index (Phi) is 4.66. The lowest BCUT2D eigenvalue weighted by Gasteiger charge is -2.04. The van der Waals surface area contributed by atoms with E-state index >= 15 is 0 Å². The number of halogens is 1. The Balaban J connectivity index is 2.19. The topological polar surface area (TPSA) is 75.7 Å². The van der Waals surface area contributed by atoms with E-state index in [9.17, 15) is 0 Å². The molecule has 0 radical (unpaired) electrons. The van der Waals surface area contributed by atoms with Crippen LogP contribution in [0.2, 0.25) is 0 Å². The van der Waals surface area contributed by atoms with E-state index in [0.29, 0.717) is 5.56 Å². The first-order chi connectivity index (χ1) is 8.60. The minimum absolute atomic E-state index is 0.0546. The summed E-state index contributed by atoms with van der Waals surface area (Å²) in [6, 6.07) is 5.68. The average Bonchev–Trinajstić information content (AvgIpc) is 2.76. The number of hydrogen-bond acceptors (Lipinski definition) is 6. The van der Waals surface area contributed by atoms with Gasteiger partial charge in [-0.3, -0.25) is 5.41 Å². The summed E-state index contributed by atoms with van der Waals surface area (Å²) in [6.07, 6.45) is 1.98. The molecule has 0 fully saturated rings. The van der Waals surface area contributed by atoms with Crippen LogP contribution in [0.3, 0.4) is 0 Å². The summed E-state index contributed by atoms with van der Waals surface area (Å²) in [5, 5.41) is 15.6. The van der Waals surface area contributed by atoms with Gasteiger partial charge < -0.3 is 5.73 Å². The standard InChI is InChI=1S/C10H9BrN4S3/c1-16-9-14-15-10(18-9)17-5-2-3-6(8(12)13)7(11)4-5/h2-4H,1H3,(H3,12,13). The first-order valence-electron chi connectivity index (χ1n) is 4.79. The lowest BCUT2D eigenvalue weighted by Crippen LogP contribution is -2.11. The minimum Gasteiger partial charge on any atom is -0.384 e. The van der Waals surface area contributed by atoms with E-state index < -0.39 is 0 Å². The molecule has 0 aliphatic rings. The lowest BCUT2D eigenvalue weighted by atomic mass is 10.2. The third-order valence-corrected chi connectivity index (χ3v) is 5.59. The molecule has 3 N–H and O–H groups in total. The smallest absolute Gasteiger partial charge is 0.179 e. The fourth-order valence-electron chi connectivity index (χ4n) is 1.20. The summed E-state index contributed by atoms with van der Waals surface area (Å²) in [6.45, 7) is 0. The molecule has 0 amide bonds. The quantitative estimate of drug-likeness (QED) is 0.496. The monoisotopic (exact) mass is 360 g/mol. The highest BCUT2D eigenvalue weighted by Crippen LogP contribution is 2.34. The number of nitrogens with two attached hydrogens (primary N) is 1. The van der Waals surface area contributed by atoms with Crippen molar-refractivity contribution in [3.63, 3.8) is 0 Å². The Morgan fingerprint density at radius 2 is 2.11 bits per heavy atom. The highest BCUT2D eigenvalue weighted by atomic mass is 79.9. The van der Waals surface area contributed by atoms with Crippen molar-refractivity contribution in [2.45, 2.75) is 13.6 Å². The van der Waals surface area contributed by atoms with Crippen molar-refractivity contribution in [2.75, 3.05) is 6.26 Å². The van der Waals surface area contributed by atoms with Crippen molar-refractivity contribution in [3.8, 4) is 0 Å². The van der Waals surface area contributed by atoms with Crippen LogP contribution in [-0.2, 0) is 0 Å². The third kappa shape index (κ3) is 3.25. The normalized spacial score (nSPS) is 10.6. The van der Waals surface area contributed by atoms with Crippen LogP contribution in [0.25, 0.3) is 0 Å². The Morgan fingerprint density at radius 3 is 2.67 bits per heavy atom. The van der Waals surface area contributed by atoms with Gasteiger partial charge in [-0.2, -0.15) is 0 Å². The van der Waals surface area contributed by atoms with Crippen molar-refractivity contribution < 1.29 is 0 Å². The van der Waals surface area contributed by atoms with Gasteiger partial charge in [-0.05, 0) is 40.4 Å². The second-order valence-corrected chi connectivity index (χ2v) is 7.40. The summed E-state index contributed by atoms with van der Waals surface area (Å²) < 4.78 is 2.67. The second kappa shape index (κ2) is 6.05. The fraction of sp³-hybridized carbons (Fsp3) is 0.100. The maximum atomic E-state index is 7.41. The molecule has 0 aliphatic carbocycles. The van der Waals surface area contributed by atoms with Crippen LogP contribution in [0, 0.1) is 5.41 Å². The molecule has 1 aromatic heterocycles. The van der Waals surface area contributed by atoms with E-state index in [1.165, 1.54) is 0 Å². The zero-order valence-electron chi connectivity index (χ0n) is 9.31. The van der Waals surface area contributed by atoms with Crippen molar-refractivity contribution >= 4 is 56.6 Å². The summed E-state index contributed by atoms with van der Waals surface area (Å²) in [5.41, 5.74) is 6.16. The zero-order chi connectivity index (χ0) is 13.1. The highest BCUT2D eigenvalue weighted by molar-refractivity contribution is 9.10. The maximum absolute atomic E-state index is 7.41. The molecule has 1 heterocycles. The van der Waals surface area contributed by atoms with Gasteiger partial charge in [0.05, 0.1) is 0 Å². The van der Waals surface area contributed by atoms with E-state index in [1.54, 1.807) is 34.9 Å². The number of nitrogens with zero attached hydrogens (tertiary/aromatic N) is 2. The van der Waals surface area contributed by atoms with E-state index in [2.05, 4.69) is 26.1 Å². The van der Waals surface area contributed by atoms with Gasteiger partial charge in [0.25, 0.3) is 0 Å². The van der Waals surface area contributed by atoms with E-state index in [1.807, 2.05) is 24.5 Å². The van der Waals surface area contributed by atoms with Crippen molar-refractivity contribution in [1.29, 1.82) is 5.41 Å². The van der Waals surface area contributed by atoms with Gasteiger partial charge in [0.1, 0.15) is 5.84 Å². The highest BCUT2D eigenvalue weighted by Gasteiger charge is 2.08. The van der Waals surface area contributed by atoms with Crippen molar-refractivity contribution in [3.05, 3.63) is 28.2 Å². The van der Waals surface area contributed by atoms with Gasteiger partial charge in [0.2, 0.25) is 0 Å². The number of benzene rings is 1. The SMILES string of the molecule is CSc1nnc(Sc2ccc(C(=N)N)c(Br)c2)s1. The van der Waals surface area contributed by atoms with Crippen LogP contribution in [0.1, 0.15) is 5.56 Å². The van der Waals surface area contributed by atoms with E-state index in [-0.39, 0.29) is 5.84 Å². The molecule has 18 heavy (non-hydrogen) atoms. The molecule has 0 aliphatic heterocycles. The molecule has 1 aromatic carbocycles. The number of nitrogen functional groups attached to an aromatic ring is 1. The first-order valence-corrected chi connectivity index (χ1v) is 8.44. The summed E-state index contributed by atoms with van der Waals surface area (Å²) >= 11 is 8.11. The van der Waals surface area contributed by atoms with Crippen LogP contribution >= 0.6 is 50.8 Å². The van der Waals surface area contributed by atoms with Gasteiger partial charge >= 0.3 is 0 Å². The van der Waals surface area contributed by atoms with Crippen LogP contribution in [0.4, 0.5) is 0 Å². The summed E-state index contributed by atoms with van der Waals surface area (Å²) in [5.74, 6) is 0.0546. The number of hydrogen-bond donors (Lipinski definition) is 2. The largest absolute Gasteiger partial charge is 0.384 e. The first kappa shape index (κ1) is 13.9. The molecule has 0 saturated heterocycles. The van der Waals surface area contributed by atoms with Gasteiger partial charge in [-0.15, -0.1) is 10.2 Å². The number of thioether (sulfide) groups is 1. The van der Waals surface area contributed by atoms with E-state index in [4.69, 9.17) is 11.1 Å². The van der Waals surface area contributed by atoms with Gasteiger partial charge in [0.15, 0.2) is 8.68 Å². The van der Waals surface area contributed by atoms with Crippen LogP contribution < -0.4 is 5.73 Å². The molecule has 8 heteroatoms. The molecular formula is C10H9BrN4S3. The number of amidine groups is 1. The third-order valence-electron chi connectivity index (χ3n) is 2.00. The van der Waals surface area contributed by atoms with Crippen molar-refractivity contribution in [2.24, 2.45) is 5.73 Å². The molecule has 94 valence electrons. The Hall–Kier alpha value is -0.570. The van der Waals surface area contributed by atoms with E-state index in [0.717, 1.165) is 18.0 Å². The maximum Gasteiger partial charge on any atom is 0.179 e. The second-order valence-electron chi connectivity index (χ2n) is 3.20. The van der Waals surface area contributed by atoms with Crippen LogP contribution in [-0.4, -0.2) is 22.3 Å². The van der Waals surface area contributed by atoms with Gasteiger partial charge in [-0.1, -0.05) is 34.9 Å². The Labute approximate surface area is 125 Å². The summed E-state index contributed by atoms with van der Waals surface area (Å²) in [4.78, 5) is 1.04. The Bertz CT molecular complexity index is 584. The zero-order valence-corrected chi connectivity index (χ0v) is 13.3. The number of rotatable bonds is 4. The molecule has 2 rings (SSSR count). The molecule has 0 bridgehead atoms. The van der Waals surface area contributed by atoms with Crippen molar-refractivity contribution in [1.82, 2.24) is 10.2 Å². The number of nitrogens with one attached hydrogen (secondary N) is 1. The van der Waals surface area contributed by atoms with Crippen LogP contribution in [0.15, 0.2) is 36.2 Å². The van der Waals surface area contributed by atoms with Crippen LogP contribution in [0.5, 0.6) is 0 Å².